The summed E-state index contributed by atoms with van der Waals surface area (Å²) in [5.41, 5.74) is 3.35. The number of aliphatic hydroxyl groups is 1. The summed E-state index contributed by atoms with van der Waals surface area (Å²) in [6.45, 7) is 6.14. The molecule has 0 amide bonds. The summed E-state index contributed by atoms with van der Waals surface area (Å²) in [7, 11) is 1.41. The van der Waals surface area contributed by atoms with E-state index in [1.165, 1.54) is 18.3 Å². The van der Waals surface area contributed by atoms with Gasteiger partial charge < -0.3 is 9.84 Å². The minimum atomic E-state index is -0.257. The first-order valence-electron chi connectivity index (χ1n) is 7.10. The zero-order chi connectivity index (χ0) is 14.2. The molecule has 1 N–H and O–H groups in total. The molecule has 0 aliphatic heterocycles. The first kappa shape index (κ1) is 14.3. The average Bonchev–Trinajstić information content (AvgIpc) is 2.68. The lowest BCUT2D eigenvalue weighted by Gasteiger charge is -2.35. The second-order valence-electron chi connectivity index (χ2n) is 6.04. The number of rotatable bonds is 2. The Labute approximate surface area is 115 Å². The van der Waals surface area contributed by atoms with E-state index in [9.17, 15) is 9.90 Å². The fourth-order valence-corrected chi connectivity index (χ4v) is 3.78. The first-order chi connectivity index (χ1) is 8.95. The third kappa shape index (κ3) is 2.62. The van der Waals surface area contributed by atoms with E-state index in [0.29, 0.717) is 11.5 Å². The molecule has 106 valence electrons. The Morgan fingerprint density at radius 3 is 2.74 bits per heavy atom. The molecule has 2 unspecified atom stereocenters. The van der Waals surface area contributed by atoms with Crippen molar-refractivity contribution in [2.45, 2.75) is 46.1 Å². The third-order valence-corrected chi connectivity index (χ3v) is 4.69. The van der Waals surface area contributed by atoms with Gasteiger partial charge in [-0.25, -0.2) is 4.79 Å². The number of hydrogen-bond donors (Lipinski definition) is 1. The Bertz CT molecular complexity index is 433. The summed E-state index contributed by atoms with van der Waals surface area (Å²) in [6.07, 6.45) is 4.74. The largest absolute Gasteiger partial charge is 0.466 e. The molecule has 3 heteroatoms. The molecular formula is C16H24O3. The molecule has 0 spiro atoms. The molecule has 3 nitrogen and oxygen atoms in total. The highest BCUT2D eigenvalue weighted by molar-refractivity contribution is 5.87. The van der Waals surface area contributed by atoms with Gasteiger partial charge in [-0.2, -0.15) is 0 Å². The molecule has 2 aliphatic rings. The zero-order valence-electron chi connectivity index (χ0n) is 12.3. The molecule has 0 aromatic carbocycles. The van der Waals surface area contributed by atoms with Crippen LogP contribution in [0.2, 0.25) is 0 Å². The van der Waals surface area contributed by atoms with E-state index in [4.69, 9.17) is 4.74 Å². The van der Waals surface area contributed by atoms with Crippen molar-refractivity contribution in [1.29, 1.82) is 0 Å². The molecule has 0 aromatic heterocycles. The SMILES string of the molecule is COC(=O)C(C)=C[C@@H]1CCC(C)C2C1=C(C)C[C@@H]2O. The number of esters is 1. The highest BCUT2D eigenvalue weighted by atomic mass is 16.5. The minimum absolute atomic E-state index is 0.236. The second-order valence-corrected chi connectivity index (χ2v) is 6.04. The number of fused-ring (bicyclic) bond motifs is 1. The van der Waals surface area contributed by atoms with Crippen LogP contribution in [0.15, 0.2) is 22.8 Å². The number of allylic oxidation sites excluding steroid dienone is 1. The van der Waals surface area contributed by atoms with Gasteiger partial charge in [-0.3, -0.25) is 0 Å². The predicted octanol–water partition coefficient (Wildman–Crippen LogP) is 2.85. The molecule has 0 radical (unpaired) electrons. The summed E-state index contributed by atoms with van der Waals surface area (Å²) in [6, 6.07) is 0. The van der Waals surface area contributed by atoms with Crippen molar-refractivity contribution in [3.05, 3.63) is 22.8 Å². The molecular weight excluding hydrogens is 240 g/mol. The van der Waals surface area contributed by atoms with E-state index < -0.39 is 0 Å². The maximum atomic E-state index is 11.5. The monoisotopic (exact) mass is 264 g/mol. The first-order valence-corrected chi connectivity index (χ1v) is 7.10. The van der Waals surface area contributed by atoms with Gasteiger partial charge in [0.25, 0.3) is 0 Å². The molecule has 0 aromatic rings. The van der Waals surface area contributed by atoms with Gasteiger partial charge >= 0.3 is 5.97 Å². The quantitative estimate of drug-likeness (QED) is 0.474. The summed E-state index contributed by atoms with van der Waals surface area (Å²) < 4.78 is 4.76. The van der Waals surface area contributed by atoms with Gasteiger partial charge in [0.15, 0.2) is 0 Å². The maximum Gasteiger partial charge on any atom is 0.333 e. The van der Waals surface area contributed by atoms with Crippen molar-refractivity contribution in [3.63, 3.8) is 0 Å². The smallest absolute Gasteiger partial charge is 0.333 e. The Morgan fingerprint density at radius 2 is 2.11 bits per heavy atom. The molecule has 0 heterocycles. The second kappa shape index (κ2) is 5.49. The van der Waals surface area contributed by atoms with Crippen molar-refractivity contribution in [3.8, 4) is 0 Å². The highest BCUT2D eigenvalue weighted by Gasteiger charge is 2.41. The molecule has 0 saturated heterocycles. The number of aliphatic hydroxyl groups excluding tert-OH is 1. The number of carbonyl (C=O) groups is 1. The number of methoxy groups -OCH3 is 1. The van der Waals surface area contributed by atoms with Crippen LogP contribution in [0.3, 0.4) is 0 Å². The van der Waals surface area contributed by atoms with Crippen molar-refractivity contribution in [2.24, 2.45) is 17.8 Å². The third-order valence-electron chi connectivity index (χ3n) is 4.69. The van der Waals surface area contributed by atoms with Gasteiger partial charge in [-0.1, -0.05) is 24.1 Å². The van der Waals surface area contributed by atoms with Crippen LogP contribution >= 0.6 is 0 Å². The molecule has 19 heavy (non-hydrogen) atoms. The van der Waals surface area contributed by atoms with E-state index in [1.807, 2.05) is 6.08 Å². The van der Waals surface area contributed by atoms with Crippen molar-refractivity contribution in [2.75, 3.05) is 7.11 Å². The lowest BCUT2D eigenvalue weighted by atomic mass is 9.70. The number of ether oxygens (including phenoxy) is 1. The van der Waals surface area contributed by atoms with Gasteiger partial charge in [0.1, 0.15) is 0 Å². The Hall–Kier alpha value is -1.09. The standard InChI is InChI=1S/C16H24O3/c1-9-5-6-12(7-11(3)16(18)19-4)14-10(2)8-13(17)15(9)14/h7,9,12-13,15,17H,5-6,8H2,1-4H3/t9?,12-,13-,15?/m0/s1. The fourth-order valence-electron chi connectivity index (χ4n) is 3.78. The lowest BCUT2D eigenvalue weighted by molar-refractivity contribution is -0.136. The zero-order valence-corrected chi connectivity index (χ0v) is 12.3. The van der Waals surface area contributed by atoms with E-state index in [2.05, 4.69) is 13.8 Å². The van der Waals surface area contributed by atoms with Crippen LogP contribution in [0.5, 0.6) is 0 Å². The minimum Gasteiger partial charge on any atom is -0.466 e. The normalized spacial score (nSPS) is 35.3. The lowest BCUT2D eigenvalue weighted by Crippen LogP contribution is -2.30. The van der Waals surface area contributed by atoms with E-state index >= 15 is 0 Å². The van der Waals surface area contributed by atoms with Crippen molar-refractivity contribution in [1.82, 2.24) is 0 Å². The van der Waals surface area contributed by atoms with Gasteiger partial charge in [-0.15, -0.1) is 0 Å². The molecule has 1 saturated carbocycles. The van der Waals surface area contributed by atoms with Crippen LogP contribution in [-0.2, 0) is 9.53 Å². The van der Waals surface area contributed by atoms with E-state index in [1.54, 1.807) is 6.92 Å². The molecule has 1 fully saturated rings. The molecule has 4 atom stereocenters. The van der Waals surface area contributed by atoms with E-state index in [-0.39, 0.29) is 23.9 Å². The summed E-state index contributed by atoms with van der Waals surface area (Å²) in [4.78, 5) is 11.5. The highest BCUT2D eigenvalue weighted by Crippen LogP contribution is 2.48. The van der Waals surface area contributed by atoms with Crippen LogP contribution in [0.4, 0.5) is 0 Å². The van der Waals surface area contributed by atoms with Crippen LogP contribution in [0, 0.1) is 17.8 Å². The van der Waals surface area contributed by atoms with Crippen LogP contribution in [0.25, 0.3) is 0 Å². The molecule has 2 rings (SSSR count). The molecule has 0 bridgehead atoms. The van der Waals surface area contributed by atoms with Gasteiger partial charge in [0.05, 0.1) is 13.2 Å². The van der Waals surface area contributed by atoms with Gasteiger partial charge in [0, 0.05) is 11.5 Å². The summed E-state index contributed by atoms with van der Waals surface area (Å²) >= 11 is 0. The van der Waals surface area contributed by atoms with Crippen LogP contribution in [-0.4, -0.2) is 24.3 Å². The molecule has 2 aliphatic carbocycles. The van der Waals surface area contributed by atoms with Gasteiger partial charge in [0.2, 0.25) is 0 Å². The number of carbonyl (C=O) groups excluding carboxylic acids is 1. The average molecular weight is 264 g/mol. The topological polar surface area (TPSA) is 46.5 Å². The maximum absolute atomic E-state index is 11.5. The van der Waals surface area contributed by atoms with Crippen LogP contribution < -0.4 is 0 Å². The Morgan fingerprint density at radius 1 is 1.42 bits per heavy atom. The van der Waals surface area contributed by atoms with Crippen LogP contribution in [0.1, 0.15) is 40.0 Å². The van der Waals surface area contributed by atoms with E-state index in [0.717, 1.165) is 19.3 Å². The predicted molar refractivity (Wildman–Crippen MR) is 74.5 cm³/mol. The Balaban J connectivity index is 2.28. The fraction of sp³-hybridized carbons (Fsp3) is 0.688. The summed E-state index contributed by atoms with van der Waals surface area (Å²) in [5.74, 6) is 0.843. The summed E-state index contributed by atoms with van der Waals surface area (Å²) in [5, 5.41) is 10.2. The van der Waals surface area contributed by atoms with Crippen molar-refractivity contribution < 1.29 is 14.6 Å². The Kier molecular flexibility index (Phi) is 4.14. The number of hydrogen-bond acceptors (Lipinski definition) is 3. The van der Waals surface area contributed by atoms with Gasteiger partial charge in [-0.05, 0) is 44.9 Å². The van der Waals surface area contributed by atoms with Crippen molar-refractivity contribution >= 4 is 5.97 Å².